The SMILES string of the molecule is CC(F)(F)CC(=O)N1CCCC1C#N. The molecule has 1 unspecified atom stereocenters. The maximum Gasteiger partial charge on any atom is 0.254 e. The fourth-order valence-electron chi connectivity index (χ4n) is 1.57. The summed E-state index contributed by atoms with van der Waals surface area (Å²) in [4.78, 5) is 12.6. The molecule has 1 atom stereocenters. The highest BCUT2D eigenvalue weighted by atomic mass is 19.3. The number of alkyl halides is 2. The van der Waals surface area contributed by atoms with Crippen molar-refractivity contribution in [2.45, 2.75) is 38.2 Å². The zero-order valence-corrected chi connectivity index (χ0v) is 7.96. The molecule has 78 valence electrons. The maximum atomic E-state index is 12.5. The number of halogens is 2. The number of amides is 1. The van der Waals surface area contributed by atoms with Crippen LogP contribution in [-0.4, -0.2) is 29.3 Å². The van der Waals surface area contributed by atoms with Gasteiger partial charge < -0.3 is 4.90 Å². The Kier molecular flexibility index (Phi) is 3.04. The first-order valence-electron chi connectivity index (χ1n) is 4.51. The van der Waals surface area contributed by atoms with E-state index in [1.807, 2.05) is 6.07 Å². The number of hydrogen-bond acceptors (Lipinski definition) is 2. The molecule has 1 heterocycles. The van der Waals surface area contributed by atoms with Crippen LogP contribution in [0.2, 0.25) is 0 Å². The summed E-state index contributed by atoms with van der Waals surface area (Å²) in [5.74, 6) is -3.61. The first kappa shape index (κ1) is 10.9. The first-order chi connectivity index (χ1) is 6.44. The van der Waals surface area contributed by atoms with Crippen LogP contribution in [0.15, 0.2) is 0 Å². The minimum atomic E-state index is -2.99. The van der Waals surface area contributed by atoms with Crippen molar-refractivity contribution < 1.29 is 13.6 Å². The van der Waals surface area contributed by atoms with Crippen molar-refractivity contribution in [3.63, 3.8) is 0 Å². The first-order valence-corrected chi connectivity index (χ1v) is 4.51. The van der Waals surface area contributed by atoms with E-state index in [0.717, 1.165) is 6.42 Å². The van der Waals surface area contributed by atoms with Gasteiger partial charge in [-0.25, -0.2) is 8.78 Å². The molecule has 0 aromatic carbocycles. The molecule has 14 heavy (non-hydrogen) atoms. The number of carbonyl (C=O) groups is 1. The molecule has 5 heteroatoms. The number of nitrogens with zero attached hydrogens (tertiary/aromatic N) is 2. The molecular formula is C9H12F2N2O. The van der Waals surface area contributed by atoms with Gasteiger partial charge in [0.25, 0.3) is 5.92 Å². The summed E-state index contributed by atoms with van der Waals surface area (Å²) in [6, 6.07) is 1.43. The van der Waals surface area contributed by atoms with Gasteiger partial charge in [0.05, 0.1) is 12.5 Å². The van der Waals surface area contributed by atoms with Gasteiger partial charge >= 0.3 is 0 Å². The summed E-state index contributed by atoms with van der Waals surface area (Å²) in [7, 11) is 0. The second-order valence-electron chi connectivity index (χ2n) is 3.62. The lowest BCUT2D eigenvalue weighted by molar-refractivity contribution is -0.137. The third-order valence-electron chi connectivity index (χ3n) is 2.18. The largest absolute Gasteiger partial charge is 0.326 e. The predicted octanol–water partition coefficient (Wildman–Crippen LogP) is 1.55. The highest BCUT2D eigenvalue weighted by Gasteiger charge is 2.34. The van der Waals surface area contributed by atoms with Crippen LogP contribution >= 0.6 is 0 Å². The van der Waals surface area contributed by atoms with E-state index in [4.69, 9.17) is 5.26 Å². The summed E-state index contributed by atoms with van der Waals surface area (Å²) in [6.07, 6.45) is 0.516. The van der Waals surface area contributed by atoms with Crippen LogP contribution in [-0.2, 0) is 4.79 Å². The molecule has 0 bridgehead atoms. The van der Waals surface area contributed by atoms with Crippen molar-refractivity contribution in [1.82, 2.24) is 4.90 Å². The second kappa shape index (κ2) is 3.91. The Morgan fingerprint density at radius 1 is 1.71 bits per heavy atom. The van der Waals surface area contributed by atoms with Gasteiger partial charge in [-0.1, -0.05) is 0 Å². The normalized spacial score (nSPS) is 22.1. The van der Waals surface area contributed by atoms with E-state index in [2.05, 4.69) is 0 Å². The third kappa shape index (κ3) is 2.66. The summed E-state index contributed by atoms with van der Waals surface area (Å²) < 4.78 is 25.1. The van der Waals surface area contributed by atoms with E-state index in [1.165, 1.54) is 4.90 Å². The molecule has 0 saturated carbocycles. The highest BCUT2D eigenvalue weighted by Crippen LogP contribution is 2.23. The van der Waals surface area contributed by atoms with Crippen molar-refractivity contribution in [1.29, 1.82) is 5.26 Å². The third-order valence-corrected chi connectivity index (χ3v) is 2.18. The van der Waals surface area contributed by atoms with E-state index in [9.17, 15) is 13.6 Å². The van der Waals surface area contributed by atoms with Crippen LogP contribution in [0.5, 0.6) is 0 Å². The van der Waals surface area contributed by atoms with Gasteiger partial charge in [-0.2, -0.15) is 5.26 Å². The Bertz CT molecular complexity index is 267. The molecule has 0 aromatic rings. The van der Waals surface area contributed by atoms with E-state index in [-0.39, 0.29) is 0 Å². The average Bonchev–Trinajstić information content (AvgIpc) is 2.47. The van der Waals surface area contributed by atoms with E-state index in [0.29, 0.717) is 19.9 Å². The lowest BCUT2D eigenvalue weighted by atomic mass is 10.2. The van der Waals surface area contributed by atoms with Gasteiger partial charge in [-0.3, -0.25) is 4.79 Å². The fraction of sp³-hybridized carbons (Fsp3) is 0.778. The molecule has 0 aliphatic carbocycles. The summed E-state index contributed by atoms with van der Waals surface area (Å²) in [5.41, 5.74) is 0. The molecule has 1 aliphatic rings. The Balaban J connectivity index is 2.57. The summed E-state index contributed by atoms with van der Waals surface area (Å²) >= 11 is 0. The zero-order valence-electron chi connectivity index (χ0n) is 7.96. The minimum absolute atomic E-state index is 0.424. The van der Waals surface area contributed by atoms with Gasteiger partial charge in [-0.15, -0.1) is 0 Å². The average molecular weight is 202 g/mol. The van der Waals surface area contributed by atoms with E-state index < -0.39 is 24.3 Å². The molecule has 3 nitrogen and oxygen atoms in total. The van der Waals surface area contributed by atoms with Crippen molar-refractivity contribution in [3.05, 3.63) is 0 Å². The molecule has 0 radical (unpaired) electrons. The molecule has 1 aliphatic heterocycles. The Morgan fingerprint density at radius 2 is 2.36 bits per heavy atom. The van der Waals surface area contributed by atoms with Crippen LogP contribution in [0, 0.1) is 11.3 Å². The quantitative estimate of drug-likeness (QED) is 0.681. The van der Waals surface area contributed by atoms with Crippen LogP contribution in [0.25, 0.3) is 0 Å². The lowest BCUT2D eigenvalue weighted by Gasteiger charge is -2.21. The zero-order chi connectivity index (χ0) is 10.8. The number of likely N-dealkylation sites (tertiary alicyclic amines) is 1. The Labute approximate surface area is 81.3 Å². The lowest BCUT2D eigenvalue weighted by Crippen LogP contribution is -2.37. The van der Waals surface area contributed by atoms with Crippen LogP contribution in [0.3, 0.4) is 0 Å². The van der Waals surface area contributed by atoms with E-state index in [1.54, 1.807) is 0 Å². The van der Waals surface area contributed by atoms with Crippen molar-refractivity contribution in [2.75, 3.05) is 6.54 Å². The molecule has 1 fully saturated rings. The second-order valence-corrected chi connectivity index (χ2v) is 3.62. The molecule has 0 spiro atoms. The Morgan fingerprint density at radius 3 is 2.86 bits per heavy atom. The number of nitriles is 1. The van der Waals surface area contributed by atoms with Crippen LogP contribution in [0.4, 0.5) is 8.78 Å². The maximum absolute atomic E-state index is 12.5. The molecule has 1 rings (SSSR count). The molecule has 0 N–H and O–H groups in total. The molecule has 1 amide bonds. The van der Waals surface area contributed by atoms with Gasteiger partial charge in [0.15, 0.2) is 0 Å². The molecular weight excluding hydrogens is 190 g/mol. The van der Waals surface area contributed by atoms with Crippen LogP contribution in [0.1, 0.15) is 26.2 Å². The molecule has 1 saturated heterocycles. The number of hydrogen-bond donors (Lipinski definition) is 0. The predicted molar refractivity (Wildman–Crippen MR) is 45.6 cm³/mol. The Hall–Kier alpha value is -1.18. The monoisotopic (exact) mass is 202 g/mol. The minimum Gasteiger partial charge on any atom is -0.326 e. The standard InChI is InChI=1S/C9H12F2N2O/c1-9(10,11)5-8(14)13-4-2-3-7(13)6-12/h7H,2-5H2,1H3. The van der Waals surface area contributed by atoms with Crippen molar-refractivity contribution >= 4 is 5.91 Å². The topological polar surface area (TPSA) is 44.1 Å². The van der Waals surface area contributed by atoms with Gasteiger partial charge in [-0.05, 0) is 19.8 Å². The summed E-state index contributed by atoms with van der Waals surface area (Å²) in [6.45, 7) is 1.13. The van der Waals surface area contributed by atoms with Gasteiger partial charge in [0.2, 0.25) is 5.91 Å². The van der Waals surface area contributed by atoms with Crippen LogP contribution < -0.4 is 0 Å². The summed E-state index contributed by atoms with van der Waals surface area (Å²) in [5, 5.41) is 8.65. The van der Waals surface area contributed by atoms with Gasteiger partial charge in [0.1, 0.15) is 6.04 Å². The molecule has 0 aromatic heterocycles. The van der Waals surface area contributed by atoms with E-state index >= 15 is 0 Å². The highest BCUT2D eigenvalue weighted by molar-refractivity contribution is 5.78. The smallest absolute Gasteiger partial charge is 0.254 e. The number of rotatable bonds is 2. The van der Waals surface area contributed by atoms with Gasteiger partial charge in [0, 0.05) is 6.54 Å². The number of carbonyl (C=O) groups excluding carboxylic acids is 1. The van der Waals surface area contributed by atoms with Crippen molar-refractivity contribution in [2.24, 2.45) is 0 Å². The fourth-order valence-corrected chi connectivity index (χ4v) is 1.57. The van der Waals surface area contributed by atoms with Crippen molar-refractivity contribution in [3.8, 4) is 6.07 Å².